The van der Waals surface area contributed by atoms with E-state index in [1.165, 1.54) is 0 Å². The van der Waals surface area contributed by atoms with Crippen LogP contribution in [0.5, 0.6) is 28.7 Å². The Balaban J connectivity index is 0.00000253. The zero-order valence-electron chi connectivity index (χ0n) is 25.3. The number of hydrogen-bond acceptors (Lipinski definition) is 7. The molecule has 212 valence electrons. The van der Waals surface area contributed by atoms with Crippen molar-refractivity contribution in [2.45, 2.75) is 39.5 Å². The first-order chi connectivity index (χ1) is 20.2. The number of benzene rings is 4. The van der Waals surface area contributed by atoms with E-state index in [1.54, 1.807) is 6.07 Å². The molecule has 0 aliphatic carbocycles. The van der Waals surface area contributed by atoms with Gasteiger partial charge in [0, 0.05) is 82.7 Å². The molecular weight excluding hydrogens is 562 g/mol. The van der Waals surface area contributed by atoms with Gasteiger partial charge in [-0.3, -0.25) is 0 Å². The molecule has 0 atom stereocenters. The number of phenolic OH excluding ortho intramolecular Hbond substituents is 1. The fraction of sp³-hybridized carbons (Fsp3) is 0.242. The quantitative estimate of drug-likeness (QED) is 0.116. The second-order valence-electron chi connectivity index (χ2n) is 9.56. The molecule has 1 heterocycles. The van der Waals surface area contributed by atoms with Crippen molar-refractivity contribution in [3.63, 3.8) is 0 Å². The normalized spacial score (nSPS) is 10.4. The van der Waals surface area contributed by atoms with Crippen molar-refractivity contribution in [1.29, 1.82) is 0 Å². The number of aryl methyl sites for hydroxylation is 1. The van der Waals surface area contributed by atoms with Gasteiger partial charge in [0.2, 0.25) is 5.82 Å². The van der Waals surface area contributed by atoms with E-state index < -0.39 is 0 Å². The standard InChI is InChI=1S/C33H34N4O4.2Na/c1-3-12-25-29(17-10-18-30(25)41-31-16-9-8-15-26(31)33-34-36-37-35-33)39-19-11-20-40-32-22-28(38)27(21-23(32)4-2)24-13-6-5-7-14-24;;/h5-10,13-18,21-22,38H,3-4,11-12,19-20H2,1-2H3,(H,34,35,36,37);;. The van der Waals surface area contributed by atoms with E-state index in [4.69, 9.17) is 14.2 Å². The topological polar surface area (TPSA) is 102 Å². The fourth-order valence-electron chi connectivity index (χ4n) is 4.70. The van der Waals surface area contributed by atoms with Crippen molar-refractivity contribution in [3.8, 4) is 51.3 Å². The number of ether oxygens (including phenoxy) is 3. The second kappa shape index (κ2) is 17.4. The van der Waals surface area contributed by atoms with Crippen molar-refractivity contribution < 1.29 is 19.3 Å². The van der Waals surface area contributed by atoms with Gasteiger partial charge in [-0.2, -0.15) is 5.21 Å². The Bertz CT molecular complexity index is 1570. The van der Waals surface area contributed by atoms with Gasteiger partial charge in [-0.1, -0.05) is 68.8 Å². The van der Waals surface area contributed by atoms with E-state index in [0.717, 1.165) is 58.6 Å². The van der Waals surface area contributed by atoms with E-state index in [2.05, 4.69) is 34.5 Å². The predicted octanol–water partition coefficient (Wildman–Crippen LogP) is 6.63. The molecule has 5 aromatic rings. The maximum Gasteiger partial charge on any atom is 0.208 e. The molecule has 0 spiro atoms. The predicted molar refractivity (Wildman–Crippen MR) is 170 cm³/mol. The molecule has 2 radical (unpaired) electrons. The number of H-pyrrole nitrogens is 1. The number of phenols is 1. The number of rotatable bonds is 13. The number of tetrazole rings is 1. The first-order valence-corrected chi connectivity index (χ1v) is 14.0. The van der Waals surface area contributed by atoms with Crippen LogP contribution in [0.2, 0.25) is 0 Å². The van der Waals surface area contributed by atoms with E-state index in [0.29, 0.717) is 37.0 Å². The van der Waals surface area contributed by atoms with Crippen molar-refractivity contribution in [1.82, 2.24) is 20.6 Å². The number of aromatic nitrogens is 4. The zero-order valence-corrected chi connectivity index (χ0v) is 29.3. The first-order valence-electron chi connectivity index (χ1n) is 14.0. The molecule has 1 aromatic heterocycles. The number of hydrogen-bond donors (Lipinski definition) is 2. The van der Waals surface area contributed by atoms with E-state index in [1.807, 2.05) is 78.9 Å². The van der Waals surface area contributed by atoms with Crippen LogP contribution >= 0.6 is 0 Å². The SMILES string of the molecule is CCCc1c(OCCCOc2cc(O)c(-c3ccccc3)cc2CC)cccc1Oc1ccccc1-c1nn[nH]n1.[Na].[Na]. The molecule has 0 aliphatic rings. The van der Waals surface area contributed by atoms with Gasteiger partial charge in [-0.05, 0) is 59.5 Å². The minimum absolute atomic E-state index is 0. The van der Waals surface area contributed by atoms with Crippen LogP contribution in [0.3, 0.4) is 0 Å². The van der Waals surface area contributed by atoms with Crippen LogP contribution in [0.1, 0.15) is 37.8 Å². The van der Waals surface area contributed by atoms with Crippen LogP contribution in [0, 0.1) is 0 Å². The summed E-state index contributed by atoms with van der Waals surface area (Å²) in [7, 11) is 0. The molecule has 0 saturated heterocycles. The molecule has 43 heavy (non-hydrogen) atoms. The minimum Gasteiger partial charge on any atom is -0.507 e. The summed E-state index contributed by atoms with van der Waals surface area (Å²) < 4.78 is 18.7. The monoisotopic (exact) mass is 596 g/mol. The number of para-hydroxylation sites is 1. The summed E-state index contributed by atoms with van der Waals surface area (Å²) in [5.74, 6) is 3.55. The van der Waals surface area contributed by atoms with Gasteiger partial charge in [0.25, 0.3) is 0 Å². The minimum atomic E-state index is 0. The van der Waals surface area contributed by atoms with Crippen molar-refractivity contribution >= 4 is 59.1 Å². The molecule has 0 saturated carbocycles. The summed E-state index contributed by atoms with van der Waals surface area (Å²) in [5.41, 5.74) is 4.60. The number of nitrogens with one attached hydrogen (secondary N) is 1. The molecular formula is C33H34N4Na2O4. The summed E-state index contributed by atoms with van der Waals surface area (Å²) in [5, 5.41) is 25.0. The van der Waals surface area contributed by atoms with Crippen LogP contribution < -0.4 is 14.2 Å². The Morgan fingerprint density at radius 2 is 1.44 bits per heavy atom. The van der Waals surface area contributed by atoms with E-state index in [-0.39, 0.29) is 64.9 Å². The van der Waals surface area contributed by atoms with Crippen molar-refractivity contribution in [2.75, 3.05) is 13.2 Å². The summed E-state index contributed by atoms with van der Waals surface area (Å²) in [6.45, 7) is 5.16. The zero-order chi connectivity index (χ0) is 28.4. The fourth-order valence-corrected chi connectivity index (χ4v) is 4.70. The van der Waals surface area contributed by atoms with Gasteiger partial charge >= 0.3 is 0 Å². The first kappa shape index (κ1) is 34.6. The summed E-state index contributed by atoms with van der Waals surface area (Å²) >= 11 is 0. The van der Waals surface area contributed by atoms with Gasteiger partial charge in [0.15, 0.2) is 0 Å². The maximum absolute atomic E-state index is 10.7. The van der Waals surface area contributed by atoms with Crippen LogP contribution in [0.4, 0.5) is 0 Å². The molecule has 5 rings (SSSR count). The number of nitrogens with zero attached hydrogens (tertiary/aromatic N) is 3. The molecule has 0 bridgehead atoms. The Morgan fingerprint density at radius 3 is 2.16 bits per heavy atom. The number of aromatic amines is 1. The van der Waals surface area contributed by atoms with E-state index >= 15 is 0 Å². The molecule has 4 aromatic carbocycles. The summed E-state index contributed by atoms with van der Waals surface area (Å²) in [4.78, 5) is 0. The number of aromatic hydroxyl groups is 1. The molecule has 10 heteroatoms. The molecule has 0 unspecified atom stereocenters. The Kier molecular flexibility index (Phi) is 14.1. The smallest absolute Gasteiger partial charge is 0.208 e. The van der Waals surface area contributed by atoms with E-state index in [9.17, 15) is 5.11 Å². The van der Waals surface area contributed by atoms with Crippen molar-refractivity contribution in [2.24, 2.45) is 0 Å². The third-order valence-electron chi connectivity index (χ3n) is 6.73. The van der Waals surface area contributed by atoms with Gasteiger partial charge in [-0.15, -0.1) is 10.2 Å². The Morgan fingerprint density at radius 1 is 0.744 bits per heavy atom. The molecule has 8 nitrogen and oxygen atoms in total. The van der Waals surface area contributed by atoms with Gasteiger partial charge < -0.3 is 19.3 Å². The Hall–Kier alpha value is -2.85. The van der Waals surface area contributed by atoms with Gasteiger partial charge in [0.1, 0.15) is 28.7 Å². The average molecular weight is 597 g/mol. The third kappa shape index (κ3) is 8.85. The second-order valence-corrected chi connectivity index (χ2v) is 9.56. The average Bonchev–Trinajstić information content (AvgIpc) is 3.54. The third-order valence-corrected chi connectivity index (χ3v) is 6.73. The maximum atomic E-state index is 10.7. The Labute approximate surface area is 296 Å². The van der Waals surface area contributed by atoms with Crippen LogP contribution in [-0.2, 0) is 12.8 Å². The molecule has 0 aliphatic heterocycles. The van der Waals surface area contributed by atoms with Crippen LogP contribution in [0.15, 0.2) is 84.9 Å². The molecule has 2 N–H and O–H groups in total. The van der Waals surface area contributed by atoms with Gasteiger partial charge in [-0.25, -0.2) is 0 Å². The van der Waals surface area contributed by atoms with Crippen LogP contribution in [0.25, 0.3) is 22.5 Å². The van der Waals surface area contributed by atoms with Gasteiger partial charge in [0.05, 0.1) is 18.8 Å². The molecule has 0 amide bonds. The largest absolute Gasteiger partial charge is 0.507 e. The molecule has 0 fully saturated rings. The van der Waals surface area contributed by atoms with Crippen molar-refractivity contribution in [3.05, 3.63) is 96.1 Å². The van der Waals surface area contributed by atoms with Crippen LogP contribution in [-0.4, -0.2) is 98.1 Å². The summed E-state index contributed by atoms with van der Waals surface area (Å²) in [6.07, 6.45) is 3.23. The summed E-state index contributed by atoms with van der Waals surface area (Å²) in [6, 6.07) is 27.1.